The molecular formula is C16H18Cl2N4O5. The number of ether oxygens (including phenoxy) is 2. The van der Waals surface area contributed by atoms with Gasteiger partial charge in [-0.05, 0) is 18.6 Å². The average molecular weight is 417 g/mol. The predicted molar refractivity (Wildman–Crippen MR) is 98.3 cm³/mol. The lowest BCUT2D eigenvalue weighted by molar-refractivity contribution is -0.486. The van der Waals surface area contributed by atoms with Crippen molar-refractivity contribution < 1.29 is 19.3 Å². The summed E-state index contributed by atoms with van der Waals surface area (Å²) in [6.07, 6.45) is 0.134. The smallest absolute Gasteiger partial charge is 0.417 e. The van der Waals surface area contributed by atoms with E-state index in [-0.39, 0.29) is 25.0 Å². The lowest BCUT2D eigenvalue weighted by Gasteiger charge is -2.21. The van der Waals surface area contributed by atoms with Crippen LogP contribution < -0.4 is 0 Å². The monoisotopic (exact) mass is 416 g/mol. The minimum atomic E-state index is -0.815. The van der Waals surface area contributed by atoms with Gasteiger partial charge in [-0.1, -0.05) is 29.3 Å². The normalized spacial score (nSPS) is 21.1. The van der Waals surface area contributed by atoms with E-state index >= 15 is 0 Å². The number of hydrazone groups is 1. The van der Waals surface area contributed by atoms with Gasteiger partial charge in [-0.2, -0.15) is 0 Å². The topological polar surface area (TPSA) is 97.5 Å². The van der Waals surface area contributed by atoms with Gasteiger partial charge in [-0.25, -0.2) is 19.8 Å². The quantitative estimate of drug-likeness (QED) is 0.540. The first-order valence-corrected chi connectivity index (χ1v) is 9.14. The first-order chi connectivity index (χ1) is 13.0. The summed E-state index contributed by atoms with van der Waals surface area (Å²) in [6, 6.07) is 4.96. The van der Waals surface area contributed by atoms with E-state index in [2.05, 4.69) is 5.10 Å². The van der Waals surface area contributed by atoms with Gasteiger partial charge in [0.15, 0.2) is 5.03 Å². The molecule has 1 aromatic rings. The van der Waals surface area contributed by atoms with Crippen molar-refractivity contribution in [1.82, 2.24) is 9.80 Å². The molecular weight excluding hydrogens is 399 g/mol. The molecule has 0 radical (unpaired) electrons. The van der Waals surface area contributed by atoms with E-state index < -0.39 is 11.1 Å². The average Bonchev–Trinajstić information content (AvgIpc) is 3.25. The Kier molecular flexibility index (Phi) is 6.35. The summed E-state index contributed by atoms with van der Waals surface area (Å²) >= 11 is 12.1. The number of nitro groups is 1. The van der Waals surface area contributed by atoms with Crippen LogP contribution in [0.3, 0.4) is 0 Å². The van der Waals surface area contributed by atoms with Gasteiger partial charge >= 0.3 is 6.09 Å². The minimum absolute atomic E-state index is 0.0258. The molecule has 3 rings (SSSR count). The zero-order chi connectivity index (χ0) is 19.4. The van der Waals surface area contributed by atoms with Gasteiger partial charge in [0.1, 0.15) is 11.7 Å². The number of carbonyl (C=O) groups excluding carboxylic acids is 1. The summed E-state index contributed by atoms with van der Waals surface area (Å²) < 4.78 is 10.6. The molecule has 146 valence electrons. The molecule has 2 heterocycles. The van der Waals surface area contributed by atoms with Crippen molar-refractivity contribution in [3.05, 3.63) is 43.9 Å². The molecule has 1 aromatic carbocycles. The summed E-state index contributed by atoms with van der Waals surface area (Å²) in [5.41, 5.74) is 0.473. The van der Waals surface area contributed by atoms with Crippen LogP contribution in [-0.4, -0.2) is 59.7 Å². The second-order valence-corrected chi connectivity index (χ2v) is 7.03. The van der Waals surface area contributed by atoms with Crippen molar-refractivity contribution >= 4 is 35.3 Å². The van der Waals surface area contributed by atoms with Gasteiger partial charge in [0, 0.05) is 41.2 Å². The van der Waals surface area contributed by atoms with Crippen molar-refractivity contribution in [2.75, 3.05) is 32.8 Å². The molecule has 27 heavy (non-hydrogen) atoms. The van der Waals surface area contributed by atoms with Crippen LogP contribution in [-0.2, 0) is 16.1 Å². The third-order valence-corrected chi connectivity index (χ3v) is 5.12. The number of guanidine groups is 1. The number of rotatable bonds is 5. The SMILES string of the molecule is O=C(OCc1c(Cl)cccc1Cl)N1CCN(CC2CCOC2)C1=N[N+](=O)[O-]. The number of amides is 1. The Balaban J connectivity index is 1.68. The van der Waals surface area contributed by atoms with Crippen LogP contribution in [0.5, 0.6) is 0 Å². The molecule has 2 saturated heterocycles. The maximum absolute atomic E-state index is 12.5. The van der Waals surface area contributed by atoms with E-state index in [0.29, 0.717) is 41.9 Å². The van der Waals surface area contributed by atoms with Crippen LogP contribution in [0.2, 0.25) is 10.0 Å². The Morgan fingerprint density at radius 1 is 1.37 bits per heavy atom. The molecule has 0 bridgehead atoms. The molecule has 0 aliphatic carbocycles. The van der Waals surface area contributed by atoms with Crippen molar-refractivity contribution in [3.63, 3.8) is 0 Å². The molecule has 1 amide bonds. The van der Waals surface area contributed by atoms with Crippen molar-refractivity contribution in [2.24, 2.45) is 11.0 Å². The molecule has 0 N–H and O–H groups in total. The highest BCUT2D eigenvalue weighted by atomic mass is 35.5. The summed E-state index contributed by atoms with van der Waals surface area (Å²) in [5.74, 6) is 0.224. The van der Waals surface area contributed by atoms with Crippen molar-refractivity contribution in [1.29, 1.82) is 0 Å². The molecule has 1 atom stereocenters. The second kappa shape index (κ2) is 8.73. The zero-order valence-electron chi connectivity index (χ0n) is 14.3. The fourth-order valence-electron chi connectivity index (χ4n) is 3.05. The third-order valence-electron chi connectivity index (χ3n) is 4.41. The second-order valence-electron chi connectivity index (χ2n) is 6.22. The summed E-state index contributed by atoms with van der Waals surface area (Å²) in [6.45, 7) is 2.34. The lowest BCUT2D eigenvalue weighted by atomic mass is 10.1. The van der Waals surface area contributed by atoms with Crippen LogP contribution in [0.25, 0.3) is 0 Å². The van der Waals surface area contributed by atoms with E-state index in [1.54, 1.807) is 23.1 Å². The first kappa shape index (κ1) is 19.7. The van der Waals surface area contributed by atoms with E-state index in [0.717, 1.165) is 11.3 Å². The highest BCUT2D eigenvalue weighted by Crippen LogP contribution is 2.25. The van der Waals surface area contributed by atoms with Gasteiger partial charge in [0.2, 0.25) is 0 Å². The van der Waals surface area contributed by atoms with Crippen LogP contribution in [0, 0.1) is 16.0 Å². The van der Waals surface area contributed by atoms with E-state index in [1.165, 1.54) is 0 Å². The fourth-order valence-corrected chi connectivity index (χ4v) is 3.56. The Hall–Kier alpha value is -2.10. The van der Waals surface area contributed by atoms with Crippen molar-refractivity contribution in [3.8, 4) is 0 Å². The highest BCUT2D eigenvalue weighted by Gasteiger charge is 2.36. The molecule has 9 nitrogen and oxygen atoms in total. The van der Waals surface area contributed by atoms with Gasteiger partial charge in [-0.15, -0.1) is 0 Å². The van der Waals surface area contributed by atoms with Crippen LogP contribution >= 0.6 is 23.2 Å². The largest absolute Gasteiger partial charge is 0.444 e. The standard InChI is InChI=1S/C16H18Cl2N4O5/c17-13-2-1-3-14(18)12(13)10-27-16(23)21-6-5-20(15(21)19-22(24)25)8-11-4-7-26-9-11/h1-3,11H,4-10H2. The van der Waals surface area contributed by atoms with Gasteiger partial charge < -0.3 is 14.4 Å². The zero-order valence-corrected chi connectivity index (χ0v) is 15.9. The van der Waals surface area contributed by atoms with E-state index in [4.69, 9.17) is 32.7 Å². The Morgan fingerprint density at radius 2 is 2.11 bits per heavy atom. The fraction of sp³-hybridized carbons (Fsp3) is 0.500. The molecule has 0 aromatic heterocycles. The molecule has 11 heteroatoms. The Labute approximate surface area is 165 Å². The van der Waals surface area contributed by atoms with Gasteiger partial charge in [-0.3, -0.25) is 0 Å². The summed E-state index contributed by atoms with van der Waals surface area (Å²) in [7, 11) is 0. The summed E-state index contributed by atoms with van der Waals surface area (Å²) in [5, 5.41) is 14.2. The number of nitrogens with zero attached hydrogens (tertiary/aromatic N) is 4. The first-order valence-electron chi connectivity index (χ1n) is 8.38. The lowest BCUT2D eigenvalue weighted by Crippen LogP contribution is -2.40. The number of carbonyl (C=O) groups is 1. The maximum atomic E-state index is 12.5. The number of benzene rings is 1. The number of hydrogen-bond donors (Lipinski definition) is 0. The third kappa shape index (κ3) is 4.79. The van der Waals surface area contributed by atoms with Crippen LogP contribution in [0.4, 0.5) is 4.79 Å². The Morgan fingerprint density at radius 3 is 2.74 bits per heavy atom. The van der Waals surface area contributed by atoms with Gasteiger partial charge in [0.25, 0.3) is 5.96 Å². The van der Waals surface area contributed by atoms with Crippen LogP contribution in [0.1, 0.15) is 12.0 Å². The molecule has 0 saturated carbocycles. The molecule has 2 aliphatic rings. The molecule has 1 unspecified atom stereocenters. The molecule has 0 spiro atoms. The van der Waals surface area contributed by atoms with Crippen LogP contribution in [0.15, 0.2) is 23.3 Å². The van der Waals surface area contributed by atoms with Crippen molar-refractivity contribution in [2.45, 2.75) is 13.0 Å². The minimum Gasteiger partial charge on any atom is -0.444 e. The molecule has 2 aliphatic heterocycles. The molecule has 2 fully saturated rings. The van der Waals surface area contributed by atoms with E-state index in [1.807, 2.05) is 0 Å². The maximum Gasteiger partial charge on any atom is 0.417 e. The summed E-state index contributed by atoms with van der Waals surface area (Å²) in [4.78, 5) is 26.3. The highest BCUT2D eigenvalue weighted by molar-refractivity contribution is 6.35. The van der Waals surface area contributed by atoms with E-state index in [9.17, 15) is 14.9 Å². The number of hydrogen-bond acceptors (Lipinski definition) is 5. The Bertz CT molecular complexity index is 734. The number of halogens is 2. The predicted octanol–water partition coefficient (Wildman–Crippen LogP) is 2.83. The van der Waals surface area contributed by atoms with Gasteiger partial charge in [0.05, 0.1) is 13.2 Å².